The number of amides is 1. The molecule has 1 aliphatic rings. The number of rotatable bonds is 3. The van der Waals surface area contributed by atoms with Gasteiger partial charge in [-0.3, -0.25) is 14.9 Å². The highest BCUT2D eigenvalue weighted by molar-refractivity contribution is 5.98. The van der Waals surface area contributed by atoms with E-state index in [0.29, 0.717) is 6.54 Å². The Bertz CT molecular complexity index is 570. The number of piperidine rings is 1. The van der Waals surface area contributed by atoms with Crippen LogP contribution in [-0.2, 0) is 0 Å². The molecular weight excluding hydrogens is 313 g/mol. The van der Waals surface area contributed by atoms with Crippen LogP contribution in [-0.4, -0.2) is 34.9 Å². The Morgan fingerprint density at radius 2 is 2.23 bits per heavy atom. The van der Waals surface area contributed by atoms with E-state index in [1.807, 2.05) is 6.92 Å². The second-order valence-corrected chi connectivity index (χ2v) is 5.34. The lowest BCUT2D eigenvalue weighted by atomic mass is 9.90. The summed E-state index contributed by atoms with van der Waals surface area (Å²) in [4.78, 5) is 24.5. The molecule has 1 amide bonds. The summed E-state index contributed by atoms with van der Waals surface area (Å²) < 4.78 is 13.4. The highest BCUT2D eigenvalue weighted by Crippen LogP contribution is 2.27. The molecule has 1 aromatic carbocycles. The quantitative estimate of drug-likeness (QED) is 0.680. The summed E-state index contributed by atoms with van der Waals surface area (Å²) in [6.07, 6.45) is 1.77. The van der Waals surface area contributed by atoms with Crippen LogP contribution in [0.25, 0.3) is 0 Å². The van der Waals surface area contributed by atoms with Crippen LogP contribution in [0, 0.1) is 21.8 Å². The van der Waals surface area contributed by atoms with E-state index in [9.17, 15) is 19.3 Å². The van der Waals surface area contributed by atoms with Crippen molar-refractivity contribution in [3.05, 3.63) is 39.7 Å². The molecule has 22 heavy (non-hydrogen) atoms. The van der Waals surface area contributed by atoms with Crippen molar-refractivity contribution in [3.63, 3.8) is 0 Å². The molecule has 1 aromatic rings. The maximum absolute atomic E-state index is 13.4. The van der Waals surface area contributed by atoms with Gasteiger partial charge < -0.3 is 10.6 Å². The fourth-order valence-corrected chi connectivity index (χ4v) is 2.85. The summed E-state index contributed by atoms with van der Waals surface area (Å²) in [5, 5.41) is 11.0. The average molecular weight is 332 g/mol. The van der Waals surface area contributed by atoms with E-state index in [1.54, 1.807) is 0 Å². The van der Waals surface area contributed by atoms with E-state index in [0.717, 1.165) is 31.0 Å². The third-order valence-electron chi connectivity index (χ3n) is 4.00. The Balaban J connectivity index is 0.00000242. The fraction of sp³-hybridized carbons (Fsp3) is 0.500. The van der Waals surface area contributed by atoms with Gasteiger partial charge in [-0.1, -0.05) is 6.92 Å². The number of likely N-dealkylation sites (tertiary alicyclic amines) is 1. The van der Waals surface area contributed by atoms with Crippen LogP contribution in [0.5, 0.6) is 0 Å². The van der Waals surface area contributed by atoms with Crippen molar-refractivity contribution < 1.29 is 14.1 Å². The lowest BCUT2D eigenvalue weighted by Crippen LogP contribution is -2.51. The van der Waals surface area contributed by atoms with E-state index >= 15 is 0 Å². The molecule has 8 heteroatoms. The number of nitrogens with zero attached hydrogens (tertiary/aromatic N) is 2. The Labute approximate surface area is 134 Å². The highest BCUT2D eigenvalue weighted by atomic mass is 35.5. The summed E-state index contributed by atoms with van der Waals surface area (Å²) in [7, 11) is 0. The molecule has 1 saturated heterocycles. The zero-order valence-electron chi connectivity index (χ0n) is 12.2. The van der Waals surface area contributed by atoms with Crippen molar-refractivity contribution in [2.75, 3.05) is 13.1 Å². The van der Waals surface area contributed by atoms with Crippen LogP contribution in [0.1, 0.15) is 30.1 Å². The number of benzene rings is 1. The molecule has 1 fully saturated rings. The topological polar surface area (TPSA) is 89.5 Å². The molecule has 0 aromatic heterocycles. The molecule has 2 unspecified atom stereocenters. The second kappa shape index (κ2) is 7.51. The Kier molecular flexibility index (Phi) is 6.25. The molecule has 1 heterocycles. The van der Waals surface area contributed by atoms with Gasteiger partial charge in [0.05, 0.1) is 4.92 Å². The molecule has 0 spiro atoms. The fourth-order valence-electron chi connectivity index (χ4n) is 2.85. The summed E-state index contributed by atoms with van der Waals surface area (Å²) in [5.74, 6) is -0.971. The van der Waals surface area contributed by atoms with Crippen LogP contribution >= 0.6 is 12.4 Å². The van der Waals surface area contributed by atoms with Gasteiger partial charge in [-0.15, -0.1) is 12.4 Å². The second-order valence-electron chi connectivity index (χ2n) is 5.34. The first-order valence-electron chi connectivity index (χ1n) is 6.90. The summed E-state index contributed by atoms with van der Waals surface area (Å²) in [5.41, 5.74) is 5.13. The van der Waals surface area contributed by atoms with Gasteiger partial charge in [-0.25, -0.2) is 4.39 Å². The number of nitro benzene ring substituents is 1. The smallest absolute Gasteiger partial charge is 0.282 e. The minimum atomic E-state index is -0.669. The SMILES string of the molecule is CC1CCCN(C(=O)c2cc(F)ccc2[N+](=O)[O-])C1CN.Cl. The molecule has 1 aliphatic heterocycles. The van der Waals surface area contributed by atoms with Crippen molar-refractivity contribution >= 4 is 24.0 Å². The van der Waals surface area contributed by atoms with E-state index in [1.165, 1.54) is 4.90 Å². The van der Waals surface area contributed by atoms with E-state index in [-0.39, 0.29) is 42.2 Å². The number of nitro groups is 1. The summed E-state index contributed by atoms with van der Waals surface area (Å²) in [6, 6.07) is 2.75. The molecule has 0 aliphatic carbocycles. The molecule has 0 bridgehead atoms. The van der Waals surface area contributed by atoms with Gasteiger partial charge in [0.1, 0.15) is 11.4 Å². The van der Waals surface area contributed by atoms with Crippen molar-refractivity contribution in [3.8, 4) is 0 Å². The Morgan fingerprint density at radius 1 is 1.55 bits per heavy atom. The van der Waals surface area contributed by atoms with Gasteiger partial charge in [0, 0.05) is 25.2 Å². The largest absolute Gasteiger partial charge is 0.334 e. The maximum atomic E-state index is 13.4. The molecular formula is C14H19ClFN3O3. The first-order valence-corrected chi connectivity index (χ1v) is 6.90. The predicted molar refractivity (Wildman–Crippen MR) is 82.6 cm³/mol. The van der Waals surface area contributed by atoms with E-state index < -0.39 is 16.6 Å². The molecule has 122 valence electrons. The molecule has 6 nitrogen and oxygen atoms in total. The molecule has 0 radical (unpaired) electrons. The summed E-state index contributed by atoms with van der Waals surface area (Å²) in [6.45, 7) is 2.77. The number of carbonyl (C=O) groups excluding carboxylic acids is 1. The Hall–Kier alpha value is -1.73. The number of halogens is 2. The minimum absolute atomic E-state index is 0. The number of hydrogen-bond donors (Lipinski definition) is 1. The first kappa shape index (κ1) is 18.3. The normalized spacial score (nSPS) is 21.1. The molecule has 0 saturated carbocycles. The maximum Gasteiger partial charge on any atom is 0.282 e. The Morgan fingerprint density at radius 3 is 2.82 bits per heavy atom. The van der Waals surface area contributed by atoms with Gasteiger partial charge in [0.2, 0.25) is 0 Å². The van der Waals surface area contributed by atoms with Gasteiger partial charge in [-0.05, 0) is 30.9 Å². The van der Waals surface area contributed by atoms with Gasteiger partial charge >= 0.3 is 0 Å². The predicted octanol–water partition coefficient (Wildman–Crippen LogP) is 2.36. The molecule has 2 N–H and O–H groups in total. The summed E-state index contributed by atoms with van der Waals surface area (Å²) >= 11 is 0. The first-order chi connectivity index (χ1) is 9.95. The van der Waals surface area contributed by atoms with Crippen molar-refractivity contribution in [1.82, 2.24) is 4.90 Å². The zero-order chi connectivity index (χ0) is 15.6. The lowest BCUT2D eigenvalue weighted by molar-refractivity contribution is -0.385. The van der Waals surface area contributed by atoms with Crippen LogP contribution in [0.3, 0.4) is 0 Å². The van der Waals surface area contributed by atoms with Gasteiger partial charge in [0.15, 0.2) is 0 Å². The third-order valence-corrected chi connectivity index (χ3v) is 4.00. The van der Waals surface area contributed by atoms with Crippen LogP contribution < -0.4 is 5.73 Å². The van der Waals surface area contributed by atoms with Crippen LogP contribution in [0.15, 0.2) is 18.2 Å². The van der Waals surface area contributed by atoms with Gasteiger partial charge in [0.25, 0.3) is 11.6 Å². The third kappa shape index (κ3) is 3.53. The van der Waals surface area contributed by atoms with Crippen LogP contribution in [0.2, 0.25) is 0 Å². The van der Waals surface area contributed by atoms with Crippen molar-refractivity contribution in [2.24, 2.45) is 11.7 Å². The monoisotopic (exact) mass is 331 g/mol. The zero-order valence-corrected chi connectivity index (χ0v) is 13.0. The minimum Gasteiger partial charge on any atom is -0.334 e. The van der Waals surface area contributed by atoms with Crippen molar-refractivity contribution in [1.29, 1.82) is 0 Å². The van der Waals surface area contributed by atoms with Gasteiger partial charge in [-0.2, -0.15) is 0 Å². The lowest BCUT2D eigenvalue weighted by Gasteiger charge is -2.39. The standard InChI is InChI=1S/C14H18FN3O3.ClH/c1-9-3-2-6-17(13(9)8-16)14(19)11-7-10(15)4-5-12(11)18(20)21;/h4-5,7,9,13H,2-3,6,8,16H2,1H3;1H. The number of nitrogens with two attached hydrogens (primary N) is 1. The van der Waals surface area contributed by atoms with E-state index in [2.05, 4.69) is 0 Å². The molecule has 2 rings (SSSR count). The number of hydrogen-bond acceptors (Lipinski definition) is 4. The van der Waals surface area contributed by atoms with Crippen molar-refractivity contribution in [2.45, 2.75) is 25.8 Å². The highest BCUT2D eigenvalue weighted by Gasteiger charge is 2.34. The van der Waals surface area contributed by atoms with E-state index in [4.69, 9.17) is 5.73 Å². The average Bonchev–Trinajstić information content (AvgIpc) is 2.45. The van der Waals surface area contributed by atoms with Crippen LogP contribution in [0.4, 0.5) is 10.1 Å². The molecule has 2 atom stereocenters. The number of carbonyl (C=O) groups is 1.